The van der Waals surface area contributed by atoms with Crippen molar-refractivity contribution >= 4 is 11.6 Å². The number of amides is 1. The molecule has 1 amide bonds. The van der Waals surface area contributed by atoms with Gasteiger partial charge in [0, 0.05) is 6.20 Å². The first-order valence-electron chi connectivity index (χ1n) is 7.92. The van der Waals surface area contributed by atoms with Crippen molar-refractivity contribution in [2.75, 3.05) is 0 Å². The maximum Gasteiger partial charge on any atom is 0.573 e. The smallest absolute Gasteiger partial charge is 0.406 e. The van der Waals surface area contributed by atoms with Gasteiger partial charge < -0.3 is 10.1 Å². The van der Waals surface area contributed by atoms with Crippen LogP contribution in [0.15, 0.2) is 53.5 Å². The second-order valence-corrected chi connectivity index (χ2v) is 5.78. The van der Waals surface area contributed by atoms with Crippen LogP contribution in [0, 0.1) is 0 Å². The molecule has 10 heteroatoms. The molecule has 0 unspecified atom stereocenters. The van der Waals surface area contributed by atoms with Crippen molar-refractivity contribution in [2.45, 2.75) is 25.9 Å². The number of nitrogens with one attached hydrogen (secondary N) is 1. The van der Waals surface area contributed by atoms with E-state index >= 15 is 0 Å². The van der Waals surface area contributed by atoms with E-state index < -0.39 is 24.0 Å². The molecule has 0 bridgehead atoms. The third-order valence-corrected chi connectivity index (χ3v) is 3.77. The molecule has 1 N–H and O–H groups in total. The molecule has 3 rings (SSSR count). The van der Waals surface area contributed by atoms with Crippen molar-refractivity contribution in [1.82, 2.24) is 19.5 Å². The van der Waals surface area contributed by atoms with E-state index in [1.807, 2.05) is 0 Å². The first-order chi connectivity index (χ1) is 12.7. The number of benzene rings is 1. The summed E-state index contributed by atoms with van der Waals surface area (Å²) in [6.45, 7) is 1.39. The quantitative estimate of drug-likeness (QED) is 0.737. The van der Waals surface area contributed by atoms with Gasteiger partial charge in [0.25, 0.3) is 0 Å². The molecular formula is C17H15F3N4O3. The summed E-state index contributed by atoms with van der Waals surface area (Å²) < 4.78 is 42.7. The standard InChI is InChI=1S/C17H15F3N4O3/c1-11(12-5-7-13(8-6-12)27-17(18,19)20)21-15(25)10-24-16(26)23-9-3-2-4-14(23)22-24/h2-9,11H,10H2,1H3,(H,21,25)/t11-/m0/s1. The van der Waals surface area contributed by atoms with Gasteiger partial charge in [-0.15, -0.1) is 18.3 Å². The number of carbonyl (C=O) groups excluding carboxylic acids is 1. The average Bonchev–Trinajstić information content (AvgIpc) is 2.90. The van der Waals surface area contributed by atoms with E-state index in [2.05, 4.69) is 15.2 Å². The predicted molar refractivity (Wildman–Crippen MR) is 89.1 cm³/mol. The Morgan fingerprint density at radius 1 is 1.22 bits per heavy atom. The van der Waals surface area contributed by atoms with Gasteiger partial charge in [0.1, 0.15) is 12.3 Å². The van der Waals surface area contributed by atoms with Crippen LogP contribution in [0.1, 0.15) is 18.5 Å². The zero-order chi connectivity index (χ0) is 19.6. The van der Waals surface area contributed by atoms with E-state index in [0.29, 0.717) is 11.2 Å². The molecule has 1 aromatic carbocycles. The minimum absolute atomic E-state index is 0.278. The Hall–Kier alpha value is -3.30. The molecule has 1 atom stereocenters. The van der Waals surface area contributed by atoms with Crippen molar-refractivity contribution < 1.29 is 22.7 Å². The highest BCUT2D eigenvalue weighted by molar-refractivity contribution is 5.76. The topological polar surface area (TPSA) is 77.6 Å². The molecule has 27 heavy (non-hydrogen) atoms. The van der Waals surface area contributed by atoms with E-state index in [-0.39, 0.29) is 12.3 Å². The van der Waals surface area contributed by atoms with Crippen molar-refractivity contribution in [1.29, 1.82) is 0 Å². The minimum Gasteiger partial charge on any atom is -0.406 e. The maximum absolute atomic E-state index is 12.2. The number of halogens is 3. The van der Waals surface area contributed by atoms with E-state index in [0.717, 1.165) is 16.8 Å². The fourth-order valence-electron chi connectivity index (χ4n) is 2.54. The number of rotatable bonds is 5. The second kappa shape index (κ2) is 7.14. The van der Waals surface area contributed by atoms with Crippen LogP contribution in [0.5, 0.6) is 5.75 Å². The molecule has 0 aliphatic carbocycles. The number of hydrogen-bond acceptors (Lipinski definition) is 4. The Balaban J connectivity index is 1.65. The summed E-state index contributed by atoms with van der Waals surface area (Å²) in [5.41, 5.74) is 0.561. The van der Waals surface area contributed by atoms with Crippen molar-refractivity contribution in [3.8, 4) is 5.75 Å². The second-order valence-electron chi connectivity index (χ2n) is 5.78. The SMILES string of the molecule is C[C@H](NC(=O)Cn1nc2ccccn2c1=O)c1ccc(OC(F)(F)F)cc1. The number of alkyl halides is 3. The van der Waals surface area contributed by atoms with Crippen molar-refractivity contribution in [2.24, 2.45) is 0 Å². The summed E-state index contributed by atoms with van der Waals surface area (Å²) in [5, 5.41) is 6.73. The summed E-state index contributed by atoms with van der Waals surface area (Å²) in [6.07, 6.45) is -3.21. The molecule has 3 aromatic rings. The van der Waals surface area contributed by atoms with E-state index in [1.165, 1.54) is 16.5 Å². The fraction of sp³-hybridized carbons (Fsp3) is 0.235. The number of carbonyl (C=O) groups is 1. The highest BCUT2D eigenvalue weighted by Crippen LogP contribution is 2.24. The molecule has 0 saturated heterocycles. The first kappa shape index (κ1) is 18.5. The van der Waals surface area contributed by atoms with Crippen LogP contribution in [-0.4, -0.2) is 26.5 Å². The van der Waals surface area contributed by atoms with Crippen LogP contribution in [-0.2, 0) is 11.3 Å². The van der Waals surface area contributed by atoms with Gasteiger partial charge in [-0.1, -0.05) is 18.2 Å². The number of aromatic nitrogens is 3. The van der Waals surface area contributed by atoms with Crippen molar-refractivity contribution in [3.05, 3.63) is 64.7 Å². The minimum atomic E-state index is -4.76. The van der Waals surface area contributed by atoms with Gasteiger partial charge in [-0.05, 0) is 36.8 Å². The molecule has 142 valence electrons. The normalized spacial score (nSPS) is 12.7. The molecule has 2 aromatic heterocycles. The van der Waals surface area contributed by atoms with Crippen LogP contribution in [0.2, 0.25) is 0 Å². The highest BCUT2D eigenvalue weighted by Gasteiger charge is 2.31. The van der Waals surface area contributed by atoms with E-state index in [4.69, 9.17) is 0 Å². The van der Waals surface area contributed by atoms with Gasteiger partial charge in [-0.3, -0.25) is 9.20 Å². The van der Waals surface area contributed by atoms with Crippen LogP contribution in [0.4, 0.5) is 13.2 Å². The van der Waals surface area contributed by atoms with Gasteiger partial charge in [0.15, 0.2) is 5.65 Å². The monoisotopic (exact) mass is 380 g/mol. The van der Waals surface area contributed by atoms with Crippen LogP contribution >= 0.6 is 0 Å². The molecular weight excluding hydrogens is 365 g/mol. The summed E-state index contributed by atoms with van der Waals surface area (Å²) in [5.74, 6) is -0.801. The fourth-order valence-corrected chi connectivity index (χ4v) is 2.54. The number of pyridine rings is 1. The molecule has 2 heterocycles. The summed E-state index contributed by atoms with van der Waals surface area (Å²) in [4.78, 5) is 24.3. The van der Waals surface area contributed by atoms with Gasteiger partial charge >= 0.3 is 12.1 Å². The molecule has 0 aliphatic rings. The lowest BCUT2D eigenvalue weighted by atomic mass is 10.1. The maximum atomic E-state index is 12.2. The number of hydrogen-bond donors (Lipinski definition) is 1. The third-order valence-electron chi connectivity index (χ3n) is 3.77. The Labute approximate surface area is 151 Å². The molecule has 7 nitrogen and oxygen atoms in total. The molecule has 0 saturated carbocycles. The molecule has 0 aliphatic heterocycles. The summed E-state index contributed by atoms with van der Waals surface area (Å²) >= 11 is 0. The Bertz CT molecular complexity index is 1010. The summed E-state index contributed by atoms with van der Waals surface area (Å²) in [6, 6.07) is 9.73. The lowest BCUT2D eigenvalue weighted by Crippen LogP contribution is -2.34. The third kappa shape index (κ3) is 4.46. The molecule has 0 spiro atoms. The van der Waals surface area contributed by atoms with Crippen LogP contribution in [0.25, 0.3) is 5.65 Å². The van der Waals surface area contributed by atoms with Gasteiger partial charge in [0.05, 0.1) is 6.04 Å². The average molecular weight is 380 g/mol. The highest BCUT2D eigenvalue weighted by atomic mass is 19.4. The number of nitrogens with zero attached hydrogens (tertiary/aromatic N) is 3. The van der Waals surface area contributed by atoms with E-state index in [1.54, 1.807) is 31.3 Å². The van der Waals surface area contributed by atoms with Gasteiger partial charge in [0.2, 0.25) is 5.91 Å². The molecule has 0 radical (unpaired) electrons. The zero-order valence-electron chi connectivity index (χ0n) is 14.1. The van der Waals surface area contributed by atoms with E-state index in [9.17, 15) is 22.8 Å². The predicted octanol–water partition coefficient (Wildman–Crippen LogP) is 2.27. The largest absolute Gasteiger partial charge is 0.573 e. The lowest BCUT2D eigenvalue weighted by molar-refractivity contribution is -0.274. The Morgan fingerprint density at radius 3 is 2.56 bits per heavy atom. The Kier molecular flexibility index (Phi) is 4.89. The Morgan fingerprint density at radius 2 is 1.93 bits per heavy atom. The van der Waals surface area contributed by atoms with Crippen LogP contribution in [0.3, 0.4) is 0 Å². The zero-order valence-corrected chi connectivity index (χ0v) is 14.1. The van der Waals surface area contributed by atoms with Crippen molar-refractivity contribution in [3.63, 3.8) is 0 Å². The number of fused-ring (bicyclic) bond motifs is 1. The summed E-state index contributed by atoms with van der Waals surface area (Å²) in [7, 11) is 0. The van der Waals surface area contributed by atoms with Crippen LogP contribution < -0.4 is 15.7 Å². The van der Waals surface area contributed by atoms with Gasteiger partial charge in [-0.25, -0.2) is 9.48 Å². The number of ether oxygens (including phenoxy) is 1. The lowest BCUT2D eigenvalue weighted by Gasteiger charge is -2.15. The first-order valence-corrected chi connectivity index (χ1v) is 7.92. The molecule has 0 fully saturated rings. The van der Waals surface area contributed by atoms with Gasteiger partial charge in [-0.2, -0.15) is 0 Å².